The van der Waals surface area contributed by atoms with E-state index in [2.05, 4.69) is 10.3 Å². The van der Waals surface area contributed by atoms with Gasteiger partial charge in [-0.1, -0.05) is 11.6 Å². The summed E-state index contributed by atoms with van der Waals surface area (Å²) in [5, 5.41) is 3.84. The van der Waals surface area contributed by atoms with Crippen LogP contribution < -0.4 is 11.1 Å². The number of hydrogen-bond donors (Lipinski definition) is 2. The van der Waals surface area contributed by atoms with E-state index in [1.54, 1.807) is 18.3 Å². The van der Waals surface area contributed by atoms with Crippen molar-refractivity contribution in [2.75, 3.05) is 16.8 Å². The minimum Gasteiger partial charge on any atom is -0.399 e. The number of thioether (sulfide) groups is 1. The molecule has 2 rings (SSSR count). The van der Waals surface area contributed by atoms with E-state index in [0.29, 0.717) is 16.5 Å². The molecule has 0 radical (unpaired) electrons. The van der Waals surface area contributed by atoms with Gasteiger partial charge in [0.1, 0.15) is 5.82 Å². The molecule has 0 spiro atoms. The first kappa shape index (κ1) is 15.6. The summed E-state index contributed by atoms with van der Waals surface area (Å²) < 4.78 is 13.5. The van der Waals surface area contributed by atoms with Crippen molar-refractivity contribution < 1.29 is 9.18 Å². The van der Waals surface area contributed by atoms with Crippen molar-refractivity contribution in [3.8, 4) is 0 Å². The summed E-state index contributed by atoms with van der Waals surface area (Å²) in [7, 11) is 0. The minimum atomic E-state index is -0.510. The number of nitrogens with one attached hydrogen (secondary N) is 1. The van der Waals surface area contributed by atoms with Crippen molar-refractivity contribution in [1.29, 1.82) is 0 Å². The quantitative estimate of drug-likeness (QED) is 0.651. The fourth-order valence-corrected chi connectivity index (χ4v) is 2.45. The van der Waals surface area contributed by atoms with E-state index in [-0.39, 0.29) is 18.0 Å². The molecule has 0 aliphatic heterocycles. The van der Waals surface area contributed by atoms with Gasteiger partial charge in [0, 0.05) is 24.1 Å². The van der Waals surface area contributed by atoms with Crippen LogP contribution in [-0.4, -0.2) is 16.6 Å². The lowest BCUT2D eigenvalue weighted by Crippen LogP contribution is -2.13. The number of rotatable bonds is 5. The second-order valence-corrected chi connectivity index (χ2v) is 5.75. The number of amides is 1. The van der Waals surface area contributed by atoms with E-state index in [1.165, 1.54) is 30.0 Å². The Kier molecular flexibility index (Phi) is 5.41. The lowest BCUT2D eigenvalue weighted by atomic mass is 10.2. The Hall–Kier alpha value is -1.79. The molecule has 0 fully saturated rings. The molecule has 0 unspecified atom stereocenters. The highest BCUT2D eigenvalue weighted by atomic mass is 35.5. The smallest absolute Gasteiger partial charge is 0.225 e. The highest BCUT2D eigenvalue weighted by Crippen LogP contribution is 2.20. The molecule has 4 nitrogen and oxygen atoms in total. The topological polar surface area (TPSA) is 68.0 Å². The second kappa shape index (κ2) is 7.28. The van der Waals surface area contributed by atoms with E-state index >= 15 is 0 Å². The van der Waals surface area contributed by atoms with E-state index in [0.717, 1.165) is 5.03 Å². The highest BCUT2D eigenvalue weighted by molar-refractivity contribution is 7.99. The number of aromatic nitrogens is 1. The zero-order valence-corrected chi connectivity index (χ0v) is 12.5. The van der Waals surface area contributed by atoms with Crippen molar-refractivity contribution >= 4 is 40.6 Å². The summed E-state index contributed by atoms with van der Waals surface area (Å²) in [6.45, 7) is 0. The van der Waals surface area contributed by atoms with Gasteiger partial charge in [0.25, 0.3) is 0 Å². The average Bonchev–Trinajstić information content (AvgIpc) is 2.45. The summed E-state index contributed by atoms with van der Waals surface area (Å²) >= 11 is 7.16. The van der Waals surface area contributed by atoms with Gasteiger partial charge in [-0.2, -0.15) is 0 Å². The third-order valence-corrected chi connectivity index (χ3v) is 3.71. The molecule has 0 saturated carbocycles. The maximum Gasteiger partial charge on any atom is 0.225 e. The summed E-state index contributed by atoms with van der Waals surface area (Å²) in [5.74, 6) is -0.254. The van der Waals surface area contributed by atoms with Crippen LogP contribution in [0.1, 0.15) is 6.42 Å². The van der Waals surface area contributed by atoms with Gasteiger partial charge in [0.15, 0.2) is 0 Å². The van der Waals surface area contributed by atoms with Crippen molar-refractivity contribution in [2.45, 2.75) is 11.4 Å². The molecule has 0 aliphatic carbocycles. The Labute approximate surface area is 130 Å². The van der Waals surface area contributed by atoms with E-state index in [1.807, 2.05) is 0 Å². The Balaban J connectivity index is 1.82. The summed E-state index contributed by atoms with van der Waals surface area (Å²) in [5.41, 5.74) is 6.04. The maximum atomic E-state index is 13.5. The molecule has 1 amide bonds. The van der Waals surface area contributed by atoms with Crippen molar-refractivity contribution in [3.05, 3.63) is 47.4 Å². The first-order valence-electron chi connectivity index (χ1n) is 6.14. The maximum absolute atomic E-state index is 13.5. The number of carbonyl (C=O) groups excluding carboxylic acids is 1. The first-order valence-corrected chi connectivity index (χ1v) is 7.50. The van der Waals surface area contributed by atoms with Crippen LogP contribution in [-0.2, 0) is 4.79 Å². The number of hydrogen-bond acceptors (Lipinski definition) is 4. The number of nitrogens with two attached hydrogens (primary N) is 1. The van der Waals surface area contributed by atoms with Crippen molar-refractivity contribution in [2.24, 2.45) is 0 Å². The van der Waals surface area contributed by atoms with Gasteiger partial charge in [0.05, 0.1) is 15.7 Å². The molecule has 0 aliphatic rings. The lowest BCUT2D eigenvalue weighted by molar-refractivity contribution is -0.115. The van der Waals surface area contributed by atoms with Gasteiger partial charge in [-0.05, 0) is 30.3 Å². The molecule has 1 heterocycles. The standard InChI is InChI=1S/C14H13ClFN3OS/c15-9-1-4-14(18-8-9)21-6-5-13(20)19-12-7-10(17)2-3-11(12)16/h1-4,7-8H,5-6,17H2,(H,19,20). The van der Waals surface area contributed by atoms with Gasteiger partial charge in [-0.15, -0.1) is 11.8 Å². The third kappa shape index (κ3) is 4.91. The minimum absolute atomic E-state index is 0.0922. The van der Waals surface area contributed by atoms with Gasteiger partial charge < -0.3 is 11.1 Å². The predicted octanol–water partition coefficient (Wildman–Crippen LogP) is 3.58. The van der Waals surface area contributed by atoms with Crippen LogP contribution in [0.15, 0.2) is 41.6 Å². The largest absolute Gasteiger partial charge is 0.399 e. The number of nitrogen functional groups attached to an aromatic ring is 1. The van der Waals surface area contributed by atoms with Crippen LogP contribution in [0.3, 0.4) is 0 Å². The average molecular weight is 326 g/mol. The molecule has 0 atom stereocenters. The lowest BCUT2D eigenvalue weighted by Gasteiger charge is -2.07. The van der Waals surface area contributed by atoms with Crippen LogP contribution in [0, 0.1) is 5.82 Å². The second-order valence-electron chi connectivity index (χ2n) is 4.20. The monoisotopic (exact) mass is 325 g/mol. The van der Waals surface area contributed by atoms with Crippen molar-refractivity contribution in [3.63, 3.8) is 0 Å². The fraction of sp³-hybridized carbons (Fsp3) is 0.143. The van der Waals surface area contributed by atoms with E-state index in [9.17, 15) is 9.18 Å². The van der Waals surface area contributed by atoms with Crippen molar-refractivity contribution in [1.82, 2.24) is 4.98 Å². The number of nitrogens with zero attached hydrogens (tertiary/aromatic N) is 1. The molecule has 1 aromatic carbocycles. The normalized spacial score (nSPS) is 10.4. The Morgan fingerprint density at radius 1 is 1.38 bits per heavy atom. The molecule has 7 heteroatoms. The molecular formula is C14H13ClFN3OS. The zero-order chi connectivity index (χ0) is 15.2. The van der Waals surface area contributed by atoms with Gasteiger partial charge in [0.2, 0.25) is 5.91 Å². The highest BCUT2D eigenvalue weighted by Gasteiger charge is 2.08. The molecule has 21 heavy (non-hydrogen) atoms. The summed E-state index contributed by atoms with van der Waals surface area (Å²) in [6.07, 6.45) is 1.79. The molecule has 3 N–H and O–H groups in total. The van der Waals surface area contributed by atoms with Gasteiger partial charge >= 0.3 is 0 Å². The number of pyridine rings is 1. The zero-order valence-electron chi connectivity index (χ0n) is 11.0. The van der Waals surface area contributed by atoms with Crippen LogP contribution in [0.25, 0.3) is 0 Å². The molecule has 2 aromatic rings. The van der Waals surface area contributed by atoms with Gasteiger partial charge in [-0.3, -0.25) is 4.79 Å². The van der Waals surface area contributed by atoms with Crippen LogP contribution >= 0.6 is 23.4 Å². The molecule has 0 saturated heterocycles. The summed E-state index contributed by atoms with van der Waals surface area (Å²) in [6, 6.07) is 7.56. The number of benzene rings is 1. The molecular weight excluding hydrogens is 313 g/mol. The van der Waals surface area contributed by atoms with Crippen LogP contribution in [0.2, 0.25) is 5.02 Å². The van der Waals surface area contributed by atoms with Crippen LogP contribution in [0.5, 0.6) is 0 Å². The SMILES string of the molecule is Nc1ccc(F)c(NC(=O)CCSc2ccc(Cl)cn2)c1. The Morgan fingerprint density at radius 2 is 2.19 bits per heavy atom. The van der Waals surface area contributed by atoms with Gasteiger partial charge in [-0.25, -0.2) is 9.37 Å². The number of halogens is 2. The number of carbonyl (C=O) groups is 1. The van der Waals surface area contributed by atoms with E-state index < -0.39 is 5.82 Å². The van der Waals surface area contributed by atoms with Crippen LogP contribution in [0.4, 0.5) is 15.8 Å². The van der Waals surface area contributed by atoms with E-state index in [4.69, 9.17) is 17.3 Å². The Morgan fingerprint density at radius 3 is 2.90 bits per heavy atom. The first-order chi connectivity index (χ1) is 10.0. The molecule has 0 bridgehead atoms. The Bertz CT molecular complexity index is 637. The number of anilines is 2. The fourth-order valence-electron chi connectivity index (χ4n) is 1.55. The molecule has 1 aromatic heterocycles. The predicted molar refractivity (Wildman–Crippen MR) is 84.0 cm³/mol. The third-order valence-electron chi connectivity index (χ3n) is 2.54. The summed E-state index contributed by atoms with van der Waals surface area (Å²) in [4.78, 5) is 15.9. The molecule has 110 valence electrons.